The van der Waals surface area contributed by atoms with Crippen molar-refractivity contribution in [3.05, 3.63) is 155 Å². The first-order chi connectivity index (χ1) is 18.7. The molecule has 0 radical (unpaired) electrons. The van der Waals surface area contributed by atoms with Crippen LogP contribution in [0.2, 0.25) is 12.6 Å². The fourth-order valence-corrected chi connectivity index (χ4v) is 5.08. The molecule has 0 aromatic heterocycles. The third-order valence-electron chi connectivity index (χ3n) is 7.03. The van der Waals surface area contributed by atoms with Crippen LogP contribution in [0.15, 0.2) is 133 Å². The predicted octanol–water partition coefficient (Wildman–Crippen LogP) is 7.01. The Morgan fingerprint density at radius 2 is 0.658 bits per heavy atom. The average Bonchev–Trinajstić information content (AvgIpc) is 2.97. The van der Waals surface area contributed by atoms with Gasteiger partial charge in [-0.15, -0.1) is 0 Å². The third-order valence-corrected chi connectivity index (χ3v) is 7.03. The highest BCUT2D eigenvalue weighted by Gasteiger charge is 2.11. The molecule has 0 atom stereocenters. The van der Waals surface area contributed by atoms with Crippen LogP contribution in [0, 0.1) is 0 Å². The molecular formula is C34H38B2N2. The van der Waals surface area contributed by atoms with Crippen LogP contribution in [-0.4, -0.2) is 14.6 Å². The minimum Gasteiger partial charge on any atom is -0.409 e. The minimum atomic E-state index is 0.923. The fourth-order valence-electron chi connectivity index (χ4n) is 5.08. The van der Waals surface area contributed by atoms with Gasteiger partial charge in [-0.3, -0.25) is 0 Å². The van der Waals surface area contributed by atoms with E-state index in [0.29, 0.717) is 0 Å². The summed E-state index contributed by atoms with van der Waals surface area (Å²) in [5.41, 5.74) is 22.4. The molecule has 4 N–H and O–H groups in total. The molecule has 38 heavy (non-hydrogen) atoms. The first-order valence-corrected chi connectivity index (χ1v) is 13.9. The van der Waals surface area contributed by atoms with Crippen molar-refractivity contribution in [2.75, 3.05) is 0 Å². The Morgan fingerprint density at radius 3 is 0.921 bits per heavy atom. The monoisotopic (exact) mass is 496 g/mol. The van der Waals surface area contributed by atoms with E-state index in [9.17, 15) is 0 Å². The van der Waals surface area contributed by atoms with Crippen LogP contribution in [-0.2, 0) is 0 Å². The fraction of sp³-hybridized carbons (Fsp3) is 0.176. The third kappa shape index (κ3) is 7.79. The van der Waals surface area contributed by atoms with Crippen LogP contribution < -0.4 is 11.5 Å². The lowest BCUT2D eigenvalue weighted by Gasteiger charge is -2.13. The van der Waals surface area contributed by atoms with Gasteiger partial charge in [0, 0.05) is 0 Å². The van der Waals surface area contributed by atoms with E-state index in [1.54, 1.807) is 0 Å². The summed E-state index contributed by atoms with van der Waals surface area (Å²) in [6, 6.07) is 42.0. The van der Waals surface area contributed by atoms with E-state index in [-0.39, 0.29) is 0 Å². The van der Waals surface area contributed by atoms with E-state index >= 15 is 0 Å². The first kappa shape index (κ1) is 27.1. The maximum atomic E-state index is 6.66. The SMILES string of the molecule is NC(BCCCCCCBC(N)=C(c1ccccc1)c1ccccc1)=C(c1ccccc1)c1ccccc1. The standard InChI is InChI=1S/C34H38B2N2/c37-33(31(27-17-7-3-8-18-27)28-19-9-4-10-20-28)35-25-15-1-2-16-26-36-34(38)32(29-21-11-5-12-22-29)30-23-13-6-14-24-30/h3-14,17-24,35-36H,1-2,15-16,25-26,37-38H2. The highest BCUT2D eigenvalue weighted by Crippen LogP contribution is 2.26. The second-order valence-corrected chi connectivity index (χ2v) is 9.89. The molecule has 0 bridgehead atoms. The van der Waals surface area contributed by atoms with Gasteiger partial charge in [0.05, 0.1) is 0 Å². The molecule has 0 heterocycles. The Hall–Kier alpha value is -3.91. The quantitative estimate of drug-likeness (QED) is 0.155. The number of hydrogen-bond donors (Lipinski definition) is 2. The van der Waals surface area contributed by atoms with Crippen LogP contribution in [0.25, 0.3) is 11.1 Å². The van der Waals surface area contributed by atoms with Gasteiger partial charge < -0.3 is 11.5 Å². The van der Waals surface area contributed by atoms with Gasteiger partial charge >= 0.3 is 0 Å². The first-order valence-electron chi connectivity index (χ1n) is 13.9. The van der Waals surface area contributed by atoms with E-state index in [1.807, 2.05) is 0 Å². The summed E-state index contributed by atoms with van der Waals surface area (Å²) in [5, 5.41) is 0. The lowest BCUT2D eigenvalue weighted by atomic mass is 9.65. The molecule has 0 aliphatic rings. The minimum absolute atomic E-state index is 0.923. The topological polar surface area (TPSA) is 52.0 Å². The van der Waals surface area contributed by atoms with Crippen molar-refractivity contribution in [3.8, 4) is 0 Å². The van der Waals surface area contributed by atoms with Gasteiger partial charge in [-0.1, -0.05) is 160 Å². The van der Waals surface area contributed by atoms with Crippen molar-refractivity contribution < 1.29 is 0 Å². The number of hydrogen-bond acceptors (Lipinski definition) is 2. The van der Waals surface area contributed by atoms with E-state index in [2.05, 4.69) is 121 Å². The molecule has 0 saturated carbocycles. The second kappa shape index (κ2) is 14.7. The summed E-state index contributed by atoms with van der Waals surface area (Å²) in [7, 11) is 1.85. The van der Waals surface area contributed by atoms with Gasteiger partial charge in [0.15, 0.2) is 14.6 Å². The van der Waals surface area contributed by atoms with Gasteiger partial charge in [0.1, 0.15) is 0 Å². The molecule has 4 aromatic rings. The summed E-state index contributed by atoms with van der Waals surface area (Å²) >= 11 is 0. The summed E-state index contributed by atoms with van der Waals surface area (Å²) < 4.78 is 0. The maximum absolute atomic E-state index is 6.66. The summed E-state index contributed by atoms with van der Waals surface area (Å²) in [5.74, 6) is 0. The van der Waals surface area contributed by atoms with E-state index in [1.165, 1.54) is 59.1 Å². The van der Waals surface area contributed by atoms with Crippen LogP contribution in [0.1, 0.15) is 47.9 Å². The van der Waals surface area contributed by atoms with Gasteiger partial charge in [-0.2, -0.15) is 0 Å². The molecule has 0 unspecified atom stereocenters. The number of benzene rings is 4. The van der Waals surface area contributed by atoms with Crippen LogP contribution in [0.4, 0.5) is 0 Å². The van der Waals surface area contributed by atoms with Gasteiger partial charge in [0.2, 0.25) is 0 Å². The van der Waals surface area contributed by atoms with Crippen molar-refractivity contribution in [2.24, 2.45) is 11.5 Å². The smallest absolute Gasteiger partial charge is 0.179 e. The maximum Gasteiger partial charge on any atom is 0.179 e. The van der Waals surface area contributed by atoms with E-state index in [4.69, 9.17) is 11.5 Å². The Balaban J connectivity index is 1.26. The van der Waals surface area contributed by atoms with Gasteiger partial charge in [-0.05, 0) is 44.6 Å². The Morgan fingerprint density at radius 1 is 0.395 bits per heavy atom. The Bertz CT molecular complexity index is 1110. The molecule has 0 aliphatic carbocycles. The van der Waals surface area contributed by atoms with Crippen molar-refractivity contribution in [1.82, 2.24) is 0 Å². The van der Waals surface area contributed by atoms with Crippen molar-refractivity contribution in [1.29, 1.82) is 0 Å². The molecule has 4 rings (SSSR count). The zero-order chi connectivity index (χ0) is 26.4. The van der Waals surface area contributed by atoms with Gasteiger partial charge in [-0.25, -0.2) is 0 Å². The van der Waals surface area contributed by atoms with Gasteiger partial charge in [0.25, 0.3) is 0 Å². The van der Waals surface area contributed by atoms with E-state index in [0.717, 1.165) is 38.4 Å². The second-order valence-electron chi connectivity index (χ2n) is 9.89. The molecule has 4 heteroatoms. The summed E-state index contributed by atoms with van der Waals surface area (Å²) in [4.78, 5) is 0. The average molecular weight is 496 g/mol. The number of unbranched alkanes of at least 4 members (excludes halogenated alkanes) is 3. The van der Waals surface area contributed by atoms with E-state index < -0.39 is 0 Å². The molecule has 0 aliphatic heterocycles. The molecular weight excluding hydrogens is 458 g/mol. The Labute approximate surface area is 230 Å². The highest BCUT2D eigenvalue weighted by molar-refractivity contribution is 6.47. The van der Waals surface area contributed by atoms with Crippen molar-refractivity contribution >= 4 is 25.7 Å². The predicted molar refractivity (Wildman–Crippen MR) is 169 cm³/mol. The van der Waals surface area contributed by atoms with Crippen molar-refractivity contribution in [3.63, 3.8) is 0 Å². The largest absolute Gasteiger partial charge is 0.409 e. The molecule has 0 fully saturated rings. The van der Waals surface area contributed by atoms with Crippen molar-refractivity contribution in [2.45, 2.75) is 38.3 Å². The summed E-state index contributed by atoms with van der Waals surface area (Å²) in [6.45, 7) is 0. The number of nitrogens with two attached hydrogens (primary N) is 2. The molecule has 4 aromatic carbocycles. The van der Waals surface area contributed by atoms with Crippen LogP contribution >= 0.6 is 0 Å². The molecule has 190 valence electrons. The zero-order valence-electron chi connectivity index (χ0n) is 22.4. The molecule has 0 spiro atoms. The normalized spacial score (nSPS) is 10.4. The summed E-state index contributed by atoms with van der Waals surface area (Å²) in [6.07, 6.45) is 7.08. The molecule has 2 nitrogen and oxygen atoms in total. The molecule has 0 amide bonds. The van der Waals surface area contributed by atoms with Crippen LogP contribution in [0.3, 0.4) is 0 Å². The Kier molecular flexibility index (Phi) is 10.5. The number of rotatable bonds is 13. The lowest BCUT2D eigenvalue weighted by Crippen LogP contribution is -2.11. The zero-order valence-corrected chi connectivity index (χ0v) is 22.4. The molecule has 0 saturated heterocycles. The highest BCUT2D eigenvalue weighted by atomic mass is 14.5. The lowest BCUT2D eigenvalue weighted by molar-refractivity contribution is 0.699. The van der Waals surface area contributed by atoms with Crippen LogP contribution in [0.5, 0.6) is 0 Å².